The highest BCUT2D eigenvalue weighted by atomic mass is 19.4. The highest BCUT2D eigenvalue weighted by molar-refractivity contribution is 5.93. The van der Waals surface area contributed by atoms with E-state index in [9.17, 15) is 18.0 Å². The summed E-state index contributed by atoms with van der Waals surface area (Å²) in [6, 6.07) is 10.1. The molecule has 0 saturated heterocycles. The Morgan fingerprint density at radius 2 is 2.00 bits per heavy atom. The van der Waals surface area contributed by atoms with E-state index in [-0.39, 0.29) is 12.2 Å². The Balaban J connectivity index is 1.58. The first-order valence-electron chi connectivity index (χ1n) is 7.84. The lowest BCUT2D eigenvalue weighted by atomic mass is 9.99. The number of benzene rings is 2. The lowest BCUT2D eigenvalue weighted by Gasteiger charge is -2.17. The van der Waals surface area contributed by atoms with Gasteiger partial charge in [-0.15, -0.1) is 0 Å². The summed E-state index contributed by atoms with van der Waals surface area (Å²) in [5, 5.41) is 3.28. The summed E-state index contributed by atoms with van der Waals surface area (Å²) in [7, 11) is 0. The molecule has 2 N–H and O–H groups in total. The van der Waals surface area contributed by atoms with Gasteiger partial charge in [-0.05, 0) is 47.9 Å². The van der Waals surface area contributed by atoms with Gasteiger partial charge in [0.15, 0.2) is 0 Å². The number of carbonyl (C=O) groups excluding carboxylic acids is 1. The summed E-state index contributed by atoms with van der Waals surface area (Å²) in [5.74, 6) is -0.717. The van der Waals surface area contributed by atoms with Crippen LogP contribution >= 0.6 is 0 Å². The van der Waals surface area contributed by atoms with E-state index in [0.29, 0.717) is 0 Å². The SMILES string of the molecule is O=C(NOCc1ccc2c(c1)CNCC2)c1cccc(C(F)(F)F)c1. The van der Waals surface area contributed by atoms with Crippen LogP contribution in [0.2, 0.25) is 0 Å². The third-order valence-corrected chi connectivity index (χ3v) is 4.01. The zero-order chi connectivity index (χ0) is 17.9. The van der Waals surface area contributed by atoms with Crippen molar-refractivity contribution in [3.05, 3.63) is 70.3 Å². The van der Waals surface area contributed by atoms with Crippen molar-refractivity contribution >= 4 is 5.91 Å². The molecule has 2 aromatic carbocycles. The van der Waals surface area contributed by atoms with Crippen molar-refractivity contribution in [3.8, 4) is 0 Å². The fourth-order valence-electron chi connectivity index (χ4n) is 2.70. The number of nitrogens with one attached hydrogen (secondary N) is 2. The highest BCUT2D eigenvalue weighted by Gasteiger charge is 2.30. The van der Waals surface area contributed by atoms with E-state index in [0.717, 1.165) is 37.2 Å². The van der Waals surface area contributed by atoms with Gasteiger partial charge >= 0.3 is 6.18 Å². The Labute approximate surface area is 142 Å². The van der Waals surface area contributed by atoms with Crippen LogP contribution in [0.5, 0.6) is 0 Å². The van der Waals surface area contributed by atoms with Crippen LogP contribution in [0.25, 0.3) is 0 Å². The molecule has 2 aromatic rings. The van der Waals surface area contributed by atoms with Crippen molar-refractivity contribution in [1.29, 1.82) is 0 Å². The number of carbonyl (C=O) groups is 1. The number of amides is 1. The van der Waals surface area contributed by atoms with Crippen LogP contribution < -0.4 is 10.8 Å². The Hall–Kier alpha value is -2.38. The summed E-state index contributed by atoms with van der Waals surface area (Å²) in [6.07, 6.45) is -3.52. The molecule has 0 aliphatic carbocycles. The summed E-state index contributed by atoms with van der Waals surface area (Å²) >= 11 is 0. The molecule has 25 heavy (non-hydrogen) atoms. The minimum atomic E-state index is -4.49. The molecule has 1 heterocycles. The van der Waals surface area contributed by atoms with Gasteiger partial charge in [-0.3, -0.25) is 9.63 Å². The van der Waals surface area contributed by atoms with E-state index in [1.165, 1.54) is 23.3 Å². The van der Waals surface area contributed by atoms with Gasteiger partial charge in [-0.25, -0.2) is 5.48 Å². The van der Waals surface area contributed by atoms with E-state index in [2.05, 4.69) is 10.8 Å². The van der Waals surface area contributed by atoms with Gasteiger partial charge in [0.05, 0.1) is 12.2 Å². The summed E-state index contributed by atoms with van der Waals surface area (Å²) < 4.78 is 38.0. The first-order valence-corrected chi connectivity index (χ1v) is 7.84. The maximum Gasteiger partial charge on any atom is 0.416 e. The number of halogens is 3. The van der Waals surface area contributed by atoms with Gasteiger partial charge in [0.1, 0.15) is 0 Å². The molecule has 0 bridgehead atoms. The normalized spacial score (nSPS) is 14.0. The van der Waals surface area contributed by atoms with Crippen molar-refractivity contribution in [2.45, 2.75) is 25.7 Å². The Morgan fingerprint density at radius 1 is 1.16 bits per heavy atom. The second-order valence-corrected chi connectivity index (χ2v) is 5.83. The average Bonchev–Trinajstić information content (AvgIpc) is 2.61. The summed E-state index contributed by atoms with van der Waals surface area (Å²) in [5.41, 5.74) is 4.56. The summed E-state index contributed by atoms with van der Waals surface area (Å²) in [4.78, 5) is 17.1. The molecule has 3 rings (SSSR count). The second-order valence-electron chi connectivity index (χ2n) is 5.83. The minimum absolute atomic E-state index is 0.107. The molecule has 0 aromatic heterocycles. The molecule has 1 amide bonds. The first-order chi connectivity index (χ1) is 11.9. The van der Waals surface area contributed by atoms with Crippen LogP contribution in [0.3, 0.4) is 0 Å². The maximum absolute atomic E-state index is 12.7. The molecule has 1 aliphatic rings. The predicted octanol–water partition coefficient (Wildman–Crippen LogP) is 3.21. The van der Waals surface area contributed by atoms with E-state index < -0.39 is 17.6 Å². The Morgan fingerprint density at radius 3 is 2.80 bits per heavy atom. The largest absolute Gasteiger partial charge is 0.416 e. The highest BCUT2D eigenvalue weighted by Crippen LogP contribution is 2.29. The molecule has 4 nitrogen and oxygen atoms in total. The van der Waals surface area contributed by atoms with E-state index in [1.807, 2.05) is 18.2 Å². The first kappa shape index (κ1) is 17.4. The lowest BCUT2D eigenvalue weighted by molar-refractivity contribution is -0.137. The molecular weight excluding hydrogens is 333 g/mol. The molecule has 0 spiro atoms. The smallest absolute Gasteiger partial charge is 0.312 e. The maximum atomic E-state index is 12.7. The van der Waals surface area contributed by atoms with Gasteiger partial charge in [0.25, 0.3) is 5.91 Å². The minimum Gasteiger partial charge on any atom is -0.312 e. The molecule has 132 valence electrons. The van der Waals surface area contributed by atoms with Gasteiger partial charge < -0.3 is 5.32 Å². The summed E-state index contributed by atoms with van der Waals surface area (Å²) in [6.45, 7) is 1.88. The molecule has 0 unspecified atom stereocenters. The fourth-order valence-corrected chi connectivity index (χ4v) is 2.70. The van der Waals surface area contributed by atoms with Gasteiger partial charge in [-0.2, -0.15) is 13.2 Å². The van der Waals surface area contributed by atoms with Crippen molar-refractivity contribution < 1.29 is 22.8 Å². The second kappa shape index (κ2) is 7.25. The number of rotatable bonds is 4. The molecule has 0 atom stereocenters. The topological polar surface area (TPSA) is 50.4 Å². The molecular formula is C18H17F3N2O2. The molecule has 0 fully saturated rings. The lowest BCUT2D eigenvalue weighted by Crippen LogP contribution is -2.25. The van der Waals surface area contributed by atoms with Crippen molar-refractivity contribution in [2.24, 2.45) is 0 Å². The fraction of sp³-hybridized carbons (Fsp3) is 0.278. The molecule has 7 heteroatoms. The zero-order valence-corrected chi connectivity index (χ0v) is 13.3. The Bertz CT molecular complexity index is 775. The predicted molar refractivity (Wildman–Crippen MR) is 85.6 cm³/mol. The molecule has 0 saturated carbocycles. The third-order valence-electron chi connectivity index (χ3n) is 4.01. The van der Waals surface area contributed by atoms with E-state index in [4.69, 9.17) is 4.84 Å². The number of hydroxylamine groups is 1. The third kappa shape index (κ3) is 4.37. The molecule has 1 aliphatic heterocycles. The van der Waals surface area contributed by atoms with E-state index in [1.54, 1.807) is 0 Å². The molecule has 0 radical (unpaired) electrons. The van der Waals surface area contributed by atoms with Gasteiger partial charge in [-0.1, -0.05) is 24.3 Å². The number of hydrogen-bond donors (Lipinski definition) is 2. The van der Waals surface area contributed by atoms with Crippen LogP contribution in [0, 0.1) is 0 Å². The number of hydrogen-bond acceptors (Lipinski definition) is 3. The van der Waals surface area contributed by atoms with Crippen LogP contribution in [0.1, 0.15) is 32.6 Å². The van der Waals surface area contributed by atoms with Crippen LogP contribution in [0.15, 0.2) is 42.5 Å². The van der Waals surface area contributed by atoms with Crippen molar-refractivity contribution in [3.63, 3.8) is 0 Å². The number of fused-ring (bicyclic) bond motifs is 1. The quantitative estimate of drug-likeness (QED) is 0.833. The van der Waals surface area contributed by atoms with Gasteiger partial charge in [0.2, 0.25) is 0 Å². The monoisotopic (exact) mass is 350 g/mol. The standard InChI is InChI=1S/C18H17F3N2O2/c19-18(20,21)16-3-1-2-14(9-16)17(24)23-25-11-12-4-5-13-6-7-22-10-15(13)8-12/h1-5,8-9,22H,6-7,10-11H2,(H,23,24). The average molecular weight is 350 g/mol. The zero-order valence-electron chi connectivity index (χ0n) is 13.3. The van der Waals surface area contributed by atoms with Gasteiger partial charge in [0, 0.05) is 12.1 Å². The van der Waals surface area contributed by atoms with Crippen molar-refractivity contribution in [1.82, 2.24) is 10.8 Å². The van der Waals surface area contributed by atoms with Crippen molar-refractivity contribution in [2.75, 3.05) is 6.54 Å². The van der Waals surface area contributed by atoms with Crippen LogP contribution in [0.4, 0.5) is 13.2 Å². The van der Waals surface area contributed by atoms with Crippen LogP contribution in [-0.2, 0) is 30.6 Å². The van der Waals surface area contributed by atoms with E-state index >= 15 is 0 Å². The number of alkyl halides is 3. The van der Waals surface area contributed by atoms with Crippen LogP contribution in [-0.4, -0.2) is 12.5 Å². The Kier molecular flexibility index (Phi) is 5.06.